The van der Waals surface area contributed by atoms with Gasteiger partial charge in [0.1, 0.15) is 23.2 Å². The zero-order chi connectivity index (χ0) is 22.4. The molecule has 1 aliphatic heterocycles. The monoisotopic (exact) mass is 451 g/mol. The second-order valence-corrected chi connectivity index (χ2v) is 8.70. The van der Waals surface area contributed by atoms with Crippen LogP contribution in [0.5, 0.6) is 0 Å². The van der Waals surface area contributed by atoms with Crippen LogP contribution in [0, 0.1) is 17.6 Å². The molecule has 1 aliphatic rings. The first kappa shape index (κ1) is 23.3. The van der Waals surface area contributed by atoms with E-state index in [0.717, 1.165) is 30.1 Å². The number of hydrogen-bond acceptors (Lipinski definition) is 5. The van der Waals surface area contributed by atoms with Crippen LogP contribution < -0.4 is 10.6 Å². The first-order valence-electron chi connectivity index (χ1n) is 10.3. The normalized spacial score (nSPS) is 16.7. The molecule has 1 fully saturated rings. The van der Waals surface area contributed by atoms with Crippen LogP contribution in [0.4, 0.5) is 8.78 Å². The molecule has 2 atom stereocenters. The Kier molecular flexibility index (Phi) is 8.11. The lowest BCUT2D eigenvalue weighted by Crippen LogP contribution is -2.52. The quantitative estimate of drug-likeness (QED) is 0.648. The molecule has 6 nitrogen and oxygen atoms in total. The summed E-state index contributed by atoms with van der Waals surface area (Å²) in [7, 11) is 0. The predicted octanol–water partition coefficient (Wildman–Crippen LogP) is 2.97. The van der Waals surface area contributed by atoms with Crippen LogP contribution >= 0.6 is 11.3 Å². The predicted molar refractivity (Wildman–Crippen MR) is 115 cm³/mol. The van der Waals surface area contributed by atoms with E-state index in [2.05, 4.69) is 15.5 Å². The summed E-state index contributed by atoms with van der Waals surface area (Å²) in [5, 5.41) is 7.40. The number of hydrogen-bond donors (Lipinski definition) is 2. The molecular formula is C22H27F2N3O3S. The first-order valence-corrected chi connectivity index (χ1v) is 11.1. The molecular weight excluding hydrogens is 424 g/mol. The van der Waals surface area contributed by atoms with Crippen molar-refractivity contribution in [3.63, 3.8) is 0 Å². The molecule has 0 saturated carbocycles. The van der Waals surface area contributed by atoms with Crippen molar-refractivity contribution >= 4 is 23.2 Å². The Balaban J connectivity index is 1.68. The SMILES string of the molecule is CC(C)[C@@H](NC(=O)c1c(F)cccc1F)C(=O)NC[C@@H](c1cccs1)N1CCOCC1. The maximum Gasteiger partial charge on any atom is 0.257 e. The van der Waals surface area contributed by atoms with Gasteiger partial charge in [0.05, 0.1) is 19.3 Å². The number of carbonyl (C=O) groups is 2. The summed E-state index contributed by atoms with van der Waals surface area (Å²) in [6.07, 6.45) is 0. The van der Waals surface area contributed by atoms with Crippen molar-refractivity contribution < 1.29 is 23.1 Å². The van der Waals surface area contributed by atoms with E-state index >= 15 is 0 Å². The molecule has 1 aromatic heterocycles. The average molecular weight is 452 g/mol. The Labute approximate surface area is 184 Å². The Morgan fingerprint density at radius 3 is 2.39 bits per heavy atom. The second kappa shape index (κ2) is 10.8. The zero-order valence-corrected chi connectivity index (χ0v) is 18.4. The van der Waals surface area contributed by atoms with Crippen LogP contribution in [-0.4, -0.2) is 55.6 Å². The summed E-state index contributed by atoms with van der Waals surface area (Å²) in [4.78, 5) is 28.8. The molecule has 0 aliphatic carbocycles. The van der Waals surface area contributed by atoms with Gasteiger partial charge >= 0.3 is 0 Å². The number of benzene rings is 1. The van der Waals surface area contributed by atoms with E-state index in [1.54, 1.807) is 25.2 Å². The van der Waals surface area contributed by atoms with E-state index in [0.29, 0.717) is 19.8 Å². The van der Waals surface area contributed by atoms with E-state index in [1.165, 1.54) is 6.07 Å². The number of nitrogens with zero attached hydrogens (tertiary/aromatic N) is 1. The first-order chi connectivity index (χ1) is 14.9. The summed E-state index contributed by atoms with van der Waals surface area (Å²) in [5.74, 6) is -3.55. The molecule has 2 heterocycles. The highest BCUT2D eigenvalue weighted by Crippen LogP contribution is 2.25. The van der Waals surface area contributed by atoms with Crippen LogP contribution in [0.1, 0.15) is 35.1 Å². The third-order valence-electron chi connectivity index (χ3n) is 5.25. The third-order valence-corrected chi connectivity index (χ3v) is 6.23. The molecule has 1 aromatic carbocycles. The number of nitrogens with one attached hydrogen (secondary N) is 2. The smallest absolute Gasteiger partial charge is 0.257 e. The van der Waals surface area contributed by atoms with E-state index in [-0.39, 0.29) is 12.0 Å². The molecule has 2 N–H and O–H groups in total. The fourth-order valence-electron chi connectivity index (χ4n) is 3.55. The van der Waals surface area contributed by atoms with Crippen molar-refractivity contribution in [2.24, 2.45) is 5.92 Å². The number of halogens is 2. The summed E-state index contributed by atoms with van der Waals surface area (Å²) in [6.45, 7) is 6.67. The van der Waals surface area contributed by atoms with Crippen LogP contribution in [0.2, 0.25) is 0 Å². The van der Waals surface area contributed by atoms with Gasteiger partial charge in [-0.15, -0.1) is 11.3 Å². The van der Waals surface area contributed by atoms with Gasteiger partial charge in [0.2, 0.25) is 5.91 Å². The molecule has 0 radical (unpaired) electrons. The standard InChI is InChI=1S/C22H27F2N3O3S/c1-14(2)20(26-21(28)19-15(23)5-3-6-16(19)24)22(29)25-13-17(18-7-4-12-31-18)27-8-10-30-11-9-27/h3-7,12,14,17,20H,8-11,13H2,1-2H3,(H,25,29)(H,26,28)/t17-,20+/m0/s1. The number of rotatable bonds is 8. The number of morpholine rings is 1. The number of ether oxygens (including phenoxy) is 1. The fraction of sp³-hybridized carbons (Fsp3) is 0.455. The average Bonchev–Trinajstić information content (AvgIpc) is 3.27. The van der Waals surface area contributed by atoms with Gasteiger partial charge < -0.3 is 15.4 Å². The maximum atomic E-state index is 14.0. The molecule has 9 heteroatoms. The van der Waals surface area contributed by atoms with Crippen LogP contribution in [0.25, 0.3) is 0 Å². The van der Waals surface area contributed by atoms with Gasteiger partial charge in [0.15, 0.2) is 0 Å². The largest absolute Gasteiger partial charge is 0.379 e. The van der Waals surface area contributed by atoms with Gasteiger partial charge in [-0.1, -0.05) is 26.0 Å². The van der Waals surface area contributed by atoms with Crippen molar-refractivity contribution in [1.29, 1.82) is 0 Å². The highest BCUT2D eigenvalue weighted by molar-refractivity contribution is 7.10. The van der Waals surface area contributed by atoms with Crippen LogP contribution in [0.3, 0.4) is 0 Å². The zero-order valence-electron chi connectivity index (χ0n) is 17.6. The van der Waals surface area contributed by atoms with Crippen LogP contribution in [0.15, 0.2) is 35.7 Å². The molecule has 31 heavy (non-hydrogen) atoms. The molecule has 3 rings (SSSR count). The Hall–Kier alpha value is -2.36. The summed E-state index contributed by atoms with van der Waals surface area (Å²) < 4.78 is 33.3. The molecule has 2 amide bonds. The van der Waals surface area contributed by atoms with Crippen molar-refractivity contribution in [3.8, 4) is 0 Å². The van der Waals surface area contributed by atoms with Crippen molar-refractivity contribution in [3.05, 3.63) is 57.8 Å². The highest BCUT2D eigenvalue weighted by atomic mass is 32.1. The summed E-state index contributed by atoms with van der Waals surface area (Å²) in [5.41, 5.74) is -0.689. The third kappa shape index (κ3) is 5.87. The van der Waals surface area contributed by atoms with E-state index < -0.39 is 35.1 Å². The van der Waals surface area contributed by atoms with Gasteiger partial charge in [-0.3, -0.25) is 14.5 Å². The minimum absolute atomic E-state index is 0.0135. The minimum Gasteiger partial charge on any atom is -0.379 e. The fourth-order valence-corrected chi connectivity index (χ4v) is 4.41. The number of thiophene rings is 1. The van der Waals surface area contributed by atoms with Gasteiger partial charge in [0.25, 0.3) is 5.91 Å². The van der Waals surface area contributed by atoms with Crippen molar-refractivity contribution in [2.75, 3.05) is 32.8 Å². The molecule has 2 aromatic rings. The van der Waals surface area contributed by atoms with Crippen molar-refractivity contribution in [1.82, 2.24) is 15.5 Å². The topological polar surface area (TPSA) is 70.7 Å². The molecule has 1 saturated heterocycles. The molecule has 0 unspecified atom stereocenters. The number of amides is 2. The number of carbonyl (C=O) groups excluding carboxylic acids is 2. The molecule has 0 spiro atoms. The Bertz CT molecular complexity index is 866. The summed E-state index contributed by atoms with van der Waals surface area (Å²) in [6, 6.07) is 6.26. The van der Waals surface area contributed by atoms with Gasteiger partial charge in [0, 0.05) is 24.5 Å². The van der Waals surface area contributed by atoms with Gasteiger partial charge in [-0.2, -0.15) is 0 Å². The molecule has 168 valence electrons. The highest BCUT2D eigenvalue weighted by Gasteiger charge is 2.29. The lowest BCUT2D eigenvalue weighted by molar-refractivity contribution is -0.124. The Morgan fingerprint density at radius 2 is 1.81 bits per heavy atom. The minimum atomic E-state index is -0.967. The lowest BCUT2D eigenvalue weighted by atomic mass is 10.0. The van der Waals surface area contributed by atoms with Gasteiger partial charge in [-0.05, 0) is 29.5 Å². The van der Waals surface area contributed by atoms with E-state index in [9.17, 15) is 18.4 Å². The van der Waals surface area contributed by atoms with Gasteiger partial charge in [-0.25, -0.2) is 8.78 Å². The summed E-state index contributed by atoms with van der Waals surface area (Å²) >= 11 is 1.62. The molecule has 0 bridgehead atoms. The second-order valence-electron chi connectivity index (χ2n) is 7.72. The van der Waals surface area contributed by atoms with Crippen molar-refractivity contribution in [2.45, 2.75) is 25.9 Å². The van der Waals surface area contributed by atoms with Crippen LogP contribution in [-0.2, 0) is 9.53 Å². The van der Waals surface area contributed by atoms with E-state index in [4.69, 9.17) is 4.74 Å². The Morgan fingerprint density at radius 1 is 1.13 bits per heavy atom. The maximum absolute atomic E-state index is 14.0. The lowest BCUT2D eigenvalue weighted by Gasteiger charge is -2.34. The van der Waals surface area contributed by atoms with E-state index in [1.807, 2.05) is 17.5 Å².